The molecule has 18 heavy (non-hydrogen) atoms. The van der Waals surface area contributed by atoms with Gasteiger partial charge in [0.15, 0.2) is 0 Å². The molecule has 1 rings (SSSR count). The van der Waals surface area contributed by atoms with E-state index in [4.69, 9.17) is 8.85 Å². The highest BCUT2D eigenvalue weighted by molar-refractivity contribution is 9.10. The van der Waals surface area contributed by atoms with Crippen molar-refractivity contribution in [1.29, 1.82) is 0 Å². The molecule has 0 amide bonds. The summed E-state index contributed by atoms with van der Waals surface area (Å²) in [5.74, 6) is 0. The Balaban J connectivity index is 2.66. The van der Waals surface area contributed by atoms with Crippen molar-refractivity contribution in [3.05, 3.63) is 34.3 Å². The van der Waals surface area contributed by atoms with Gasteiger partial charge in [0.2, 0.25) is 0 Å². The first-order valence-corrected chi connectivity index (χ1v) is 9.08. The van der Waals surface area contributed by atoms with Crippen LogP contribution in [-0.2, 0) is 8.85 Å². The first kappa shape index (κ1) is 15.9. The molecular weight excluding hydrogens is 308 g/mol. The van der Waals surface area contributed by atoms with Crippen molar-refractivity contribution in [2.75, 3.05) is 13.2 Å². The van der Waals surface area contributed by atoms with Gasteiger partial charge in [0.1, 0.15) is 0 Å². The zero-order chi connectivity index (χ0) is 13.4. The minimum Gasteiger partial charge on any atom is -0.396 e. The third kappa shape index (κ3) is 5.22. The predicted octanol–water partition coefficient (Wildman–Crippen LogP) is 4.17. The molecule has 0 aromatic heterocycles. The smallest absolute Gasteiger partial charge is 0.328 e. The summed E-state index contributed by atoms with van der Waals surface area (Å²) in [5.41, 5.74) is 1.69. The molecule has 0 aliphatic carbocycles. The Morgan fingerprint density at radius 3 is 2.00 bits per heavy atom. The highest BCUT2D eigenvalue weighted by Gasteiger charge is 2.23. The zero-order valence-corrected chi connectivity index (χ0v) is 14.2. The highest BCUT2D eigenvalue weighted by Crippen LogP contribution is 2.22. The van der Waals surface area contributed by atoms with Crippen LogP contribution in [-0.4, -0.2) is 22.5 Å². The molecule has 1 unspecified atom stereocenters. The Morgan fingerprint density at radius 2 is 1.56 bits per heavy atom. The van der Waals surface area contributed by atoms with Gasteiger partial charge in [-0.1, -0.05) is 48.8 Å². The Kier molecular flexibility index (Phi) is 7.82. The molecule has 0 saturated carbocycles. The Hall–Kier alpha value is -0.163. The first-order valence-electron chi connectivity index (χ1n) is 6.67. The minimum absolute atomic E-state index is 0.385. The number of halogens is 1. The van der Waals surface area contributed by atoms with Crippen LogP contribution in [0.25, 0.3) is 0 Å². The van der Waals surface area contributed by atoms with E-state index in [1.54, 1.807) is 0 Å². The van der Waals surface area contributed by atoms with E-state index in [1.165, 1.54) is 5.56 Å². The first-order chi connectivity index (χ1) is 8.69. The molecule has 0 N–H and O–H groups in total. The van der Waals surface area contributed by atoms with E-state index in [0.29, 0.717) is 5.54 Å². The van der Waals surface area contributed by atoms with Crippen molar-refractivity contribution in [2.45, 2.75) is 39.2 Å². The normalized spacial score (nSPS) is 12.9. The lowest BCUT2D eigenvalue weighted by atomic mass is 10.2. The van der Waals surface area contributed by atoms with E-state index in [1.807, 2.05) is 0 Å². The molecule has 1 aromatic rings. The van der Waals surface area contributed by atoms with Crippen molar-refractivity contribution in [2.24, 2.45) is 0 Å². The van der Waals surface area contributed by atoms with Crippen LogP contribution < -0.4 is 0 Å². The summed E-state index contributed by atoms with van der Waals surface area (Å²) < 4.78 is 13.0. The molecule has 1 atom stereocenters. The van der Waals surface area contributed by atoms with Gasteiger partial charge in [-0.2, -0.15) is 0 Å². The third-order valence-corrected chi connectivity index (χ3v) is 5.64. The van der Waals surface area contributed by atoms with Gasteiger partial charge in [-0.25, -0.2) is 0 Å². The summed E-state index contributed by atoms with van der Waals surface area (Å²) in [7, 11) is -1.62. The van der Waals surface area contributed by atoms with Crippen molar-refractivity contribution in [3.63, 3.8) is 0 Å². The van der Waals surface area contributed by atoms with E-state index in [9.17, 15) is 0 Å². The SMILES string of the molecule is CCCO[SiH](OCCC)C(C)c1ccc(Br)cc1. The summed E-state index contributed by atoms with van der Waals surface area (Å²) in [6, 6.07) is 8.46. The molecule has 0 aliphatic heterocycles. The molecule has 2 nitrogen and oxygen atoms in total. The van der Waals surface area contributed by atoms with E-state index in [0.717, 1.165) is 30.5 Å². The van der Waals surface area contributed by atoms with Gasteiger partial charge >= 0.3 is 9.28 Å². The summed E-state index contributed by atoms with van der Waals surface area (Å²) in [6.07, 6.45) is 2.10. The maximum atomic E-state index is 5.94. The molecule has 4 heteroatoms. The van der Waals surface area contributed by atoms with Crippen LogP contribution in [0.1, 0.15) is 44.7 Å². The van der Waals surface area contributed by atoms with E-state index >= 15 is 0 Å². The van der Waals surface area contributed by atoms with Gasteiger partial charge in [0.25, 0.3) is 0 Å². The second-order valence-corrected chi connectivity index (χ2v) is 7.77. The van der Waals surface area contributed by atoms with Crippen LogP contribution in [0.5, 0.6) is 0 Å². The van der Waals surface area contributed by atoms with Gasteiger partial charge in [-0.05, 0) is 30.5 Å². The van der Waals surface area contributed by atoms with Crippen LogP contribution in [0.15, 0.2) is 28.7 Å². The quantitative estimate of drug-likeness (QED) is 0.666. The molecule has 0 bridgehead atoms. The van der Waals surface area contributed by atoms with Crippen LogP contribution in [0, 0.1) is 0 Å². The van der Waals surface area contributed by atoms with Crippen LogP contribution >= 0.6 is 15.9 Å². The molecule has 0 fully saturated rings. The molecule has 102 valence electrons. The average Bonchev–Trinajstić information content (AvgIpc) is 2.39. The highest BCUT2D eigenvalue weighted by atomic mass is 79.9. The molecule has 0 saturated heterocycles. The van der Waals surface area contributed by atoms with Crippen molar-refractivity contribution in [1.82, 2.24) is 0 Å². The zero-order valence-electron chi connectivity index (χ0n) is 11.5. The molecule has 0 radical (unpaired) electrons. The largest absolute Gasteiger partial charge is 0.396 e. The maximum absolute atomic E-state index is 5.94. The van der Waals surface area contributed by atoms with Crippen LogP contribution in [0.3, 0.4) is 0 Å². The lowest BCUT2D eigenvalue weighted by molar-refractivity contribution is 0.190. The van der Waals surface area contributed by atoms with Crippen molar-refractivity contribution < 1.29 is 8.85 Å². The summed E-state index contributed by atoms with van der Waals surface area (Å²) in [4.78, 5) is 0. The number of hydrogen-bond donors (Lipinski definition) is 0. The monoisotopic (exact) mass is 330 g/mol. The minimum atomic E-state index is -1.62. The second-order valence-electron chi connectivity index (χ2n) is 4.45. The van der Waals surface area contributed by atoms with Gasteiger partial charge in [-0.3, -0.25) is 0 Å². The topological polar surface area (TPSA) is 18.5 Å². The predicted molar refractivity (Wildman–Crippen MR) is 82.2 cm³/mol. The van der Waals surface area contributed by atoms with E-state index in [-0.39, 0.29) is 0 Å². The average molecular weight is 331 g/mol. The Bertz CT molecular complexity index is 321. The Morgan fingerprint density at radius 1 is 1.06 bits per heavy atom. The lowest BCUT2D eigenvalue weighted by Gasteiger charge is -2.22. The van der Waals surface area contributed by atoms with Crippen LogP contribution in [0.2, 0.25) is 0 Å². The lowest BCUT2D eigenvalue weighted by Crippen LogP contribution is -2.30. The van der Waals surface area contributed by atoms with Gasteiger partial charge in [0, 0.05) is 23.2 Å². The summed E-state index contributed by atoms with van der Waals surface area (Å²) in [6.45, 7) is 8.10. The number of rotatable bonds is 8. The van der Waals surface area contributed by atoms with Crippen molar-refractivity contribution >= 4 is 25.2 Å². The third-order valence-electron chi connectivity index (χ3n) is 2.78. The fourth-order valence-electron chi connectivity index (χ4n) is 1.73. The standard InChI is InChI=1S/C14H23BrO2Si/c1-4-10-16-18(17-11-5-2)12(3)13-6-8-14(15)9-7-13/h6-9,12,18H,4-5,10-11H2,1-3H3. The Labute approximate surface area is 121 Å². The number of hydrogen-bond acceptors (Lipinski definition) is 2. The molecule has 0 spiro atoms. The maximum Gasteiger partial charge on any atom is 0.328 e. The molecular formula is C14H23BrO2Si. The van der Waals surface area contributed by atoms with E-state index in [2.05, 4.69) is 61.0 Å². The fourth-order valence-corrected chi connectivity index (χ4v) is 4.14. The van der Waals surface area contributed by atoms with Gasteiger partial charge in [-0.15, -0.1) is 0 Å². The van der Waals surface area contributed by atoms with E-state index < -0.39 is 9.28 Å². The summed E-state index contributed by atoms with van der Waals surface area (Å²) in [5, 5.41) is 0. The summed E-state index contributed by atoms with van der Waals surface area (Å²) >= 11 is 3.46. The number of benzene rings is 1. The fraction of sp³-hybridized carbons (Fsp3) is 0.571. The molecule has 1 aromatic carbocycles. The van der Waals surface area contributed by atoms with Gasteiger partial charge in [0.05, 0.1) is 0 Å². The molecule has 0 aliphatic rings. The molecule has 0 heterocycles. The van der Waals surface area contributed by atoms with Crippen molar-refractivity contribution in [3.8, 4) is 0 Å². The second kappa shape index (κ2) is 8.86. The van der Waals surface area contributed by atoms with Crippen LogP contribution in [0.4, 0.5) is 0 Å². The van der Waals surface area contributed by atoms with Gasteiger partial charge < -0.3 is 8.85 Å².